The number of methoxy groups -OCH3 is 1. The molecule has 1 N–H and O–H groups in total. The number of benzene rings is 1. The lowest BCUT2D eigenvalue weighted by Crippen LogP contribution is -2.83. The van der Waals surface area contributed by atoms with Crippen molar-refractivity contribution in [2.45, 2.75) is 95.5 Å². The minimum atomic E-state index is -0.939. The van der Waals surface area contributed by atoms with Gasteiger partial charge in [0, 0.05) is 48.9 Å². The molecule has 2 heterocycles. The Balaban J connectivity index is 1.64. The van der Waals surface area contributed by atoms with Gasteiger partial charge in [0.05, 0.1) is 5.60 Å². The van der Waals surface area contributed by atoms with Crippen molar-refractivity contribution in [1.82, 2.24) is 4.90 Å². The number of piperidine rings is 1. The van der Waals surface area contributed by atoms with Crippen LogP contribution in [-0.4, -0.2) is 52.9 Å². The van der Waals surface area contributed by atoms with E-state index in [1.807, 2.05) is 14.0 Å². The van der Waals surface area contributed by atoms with Crippen LogP contribution in [0.4, 0.5) is 0 Å². The average molecular weight is 440 g/mol. The fourth-order valence-corrected chi connectivity index (χ4v) is 8.98. The van der Waals surface area contributed by atoms with Gasteiger partial charge in [-0.15, -0.1) is 0 Å². The van der Waals surface area contributed by atoms with Crippen LogP contribution in [0.15, 0.2) is 18.2 Å². The minimum absolute atomic E-state index is 0.0721. The molecule has 1 aromatic carbocycles. The molecule has 7 rings (SSSR count). The van der Waals surface area contributed by atoms with Gasteiger partial charge in [0.1, 0.15) is 17.5 Å². The topological polar surface area (TPSA) is 59.0 Å². The molecule has 4 aliphatic carbocycles. The highest BCUT2D eigenvalue weighted by Gasteiger charge is 2.82. The Kier molecular flexibility index (Phi) is 3.87. The quantitative estimate of drug-likeness (QED) is 0.761. The van der Waals surface area contributed by atoms with Gasteiger partial charge in [0.2, 0.25) is 5.91 Å². The second kappa shape index (κ2) is 5.90. The number of hydrogen-bond acceptors (Lipinski definition) is 4. The SMILES string of the molecule is CO[C@]12CC[C@@]3(C[C@@H]1C(C)(O)C(C)(C)C)[C@H]1Cc4cccc5c4[C@@]3(CCN1C(C)=O)[C@H]2O5. The summed E-state index contributed by atoms with van der Waals surface area (Å²) in [5.41, 5.74) is 0.684. The molecule has 2 aliphatic heterocycles. The van der Waals surface area contributed by atoms with Crippen LogP contribution in [0.2, 0.25) is 0 Å². The summed E-state index contributed by atoms with van der Waals surface area (Å²) < 4.78 is 13.4. The van der Waals surface area contributed by atoms with Crippen molar-refractivity contribution in [3.8, 4) is 5.75 Å². The van der Waals surface area contributed by atoms with Crippen molar-refractivity contribution < 1.29 is 19.4 Å². The zero-order valence-corrected chi connectivity index (χ0v) is 20.3. The molecule has 6 aliphatic rings. The van der Waals surface area contributed by atoms with Crippen LogP contribution >= 0.6 is 0 Å². The third kappa shape index (κ3) is 2.00. The summed E-state index contributed by atoms with van der Waals surface area (Å²) in [5.74, 6) is 1.10. The summed E-state index contributed by atoms with van der Waals surface area (Å²) in [6.07, 6.45) is 4.40. The van der Waals surface area contributed by atoms with Crippen LogP contribution in [0.3, 0.4) is 0 Å². The summed E-state index contributed by atoms with van der Waals surface area (Å²) in [7, 11) is 1.82. The molecular formula is C27H37NO4. The van der Waals surface area contributed by atoms with Gasteiger partial charge in [-0.3, -0.25) is 4.79 Å². The Morgan fingerprint density at radius 2 is 1.97 bits per heavy atom. The first-order valence-corrected chi connectivity index (χ1v) is 12.3. The van der Waals surface area contributed by atoms with Crippen molar-refractivity contribution in [3.05, 3.63) is 29.3 Å². The Morgan fingerprint density at radius 1 is 1.22 bits per heavy atom. The Morgan fingerprint density at radius 3 is 2.62 bits per heavy atom. The number of rotatable bonds is 2. The van der Waals surface area contributed by atoms with E-state index in [2.05, 4.69) is 43.9 Å². The predicted molar refractivity (Wildman–Crippen MR) is 122 cm³/mol. The number of likely N-dealkylation sites (tertiary alicyclic amines) is 1. The van der Waals surface area contributed by atoms with Gasteiger partial charge >= 0.3 is 0 Å². The van der Waals surface area contributed by atoms with Crippen molar-refractivity contribution in [2.24, 2.45) is 16.7 Å². The summed E-state index contributed by atoms with van der Waals surface area (Å²) in [4.78, 5) is 15.0. The minimum Gasteiger partial charge on any atom is -0.486 e. The second-order valence-corrected chi connectivity index (χ2v) is 12.4. The molecule has 0 aromatic heterocycles. The third-order valence-electron chi connectivity index (χ3n) is 10.9. The third-order valence-corrected chi connectivity index (χ3v) is 10.9. The molecule has 7 atom stereocenters. The van der Waals surface area contributed by atoms with E-state index in [0.717, 1.165) is 44.4 Å². The zero-order chi connectivity index (χ0) is 22.9. The largest absolute Gasteiger partial charge is 0.486 e. The van der Waals surface area contributed by atoms with Gasteiger partial charge in [-0.25, -0.2) is 0 Å². The molecule has 3 saturated carbocycles. The van der Waals surface area contributed by atoms with Crippen molar-refractivity contribution in [1.29, 1.82) is 0 Å². The maximum Gasteiger partial charge on any atom is 0.219 e. The number of carbonyl (C=O) groups is 1. The lowest BCUT2D eigenvalue weighted by atomic mass is 9.33. The number of carbonyl (C=O) groups excluding carboxylic acids is 1. The van der Waals surface area contributed by atoms with Crippen molar-refractivity contribution in [2.75, 3.05) is 13.7 Å². The van der Waals surface area contributed by atoms with E-state index in [-0.39, 0.29) is 40.2 Å². The number of hydrogen-bond donors (Lipinski definition) is 1. The van der Waals surface area contributed by atoms with Gasteiger partial charge in [0.15, 0.2) is 0 Å². The van der Waals surface area contributed by atoms with Gasteiger partial charge in [-0.2, -0.15) is 0 Å². The lowest BCUT2D eigenvalue weighted by Gasteiger charge is -2.75. The Labute approximate surface area is 191 Å². The molecular weight excluding hydrogens is 402 g/mol. The fourth-order valence-electron chi connectivity index (χ4n) is 8.98. The molecule has 1 unspecified atom stereocenters. The molecule has 5 heteroatoms. The van der Waals surface area contributed by atoms with Crippen LogP contribution in [-0.2, 0) is 21.4 Å². The number of amides is 1. The molecule has 2 spiro atoms. The normalized spacial score (nSPS) is 42.8. The monoisotopic (exact) mass is 439 g/mol. The van der Waals surface area contributed by atoms with Gasteiger partial charge < -0.3 is 19.5 Å². The van der Waals surface area contributed by atoms with E-state index >= 15 is 0 Å². The molecule has 4 bridgehead atoms. The van der Waals surface area contributed by atoms with E-state index in [1.54, 1.807) is 6.92 Å². The number of aliphatic hydroxyl groups is 1. The first-order valence-electron chi connectivity index (χ1n) is 12.3. The van der Waals surface area contributed by atoms with Gasteiger partial charge in [-0.1, -0.05) is 32.9 Å². The van der Waals surface area contributed by atoms with E-state index in [0.29, 0.717) is 0 Å². The van der Waals surface area contributed by atoms with E-state index < -0.39 is 11.2 Å². The van der Waals surface area contributed by atoms with Crippen molar-refractivity contribution in [3.63, 3.8) is 0 Å². The van der Waals surface area contributed by atoms with Crippen LogP contribution < -0.4 is 4.74 Å². The Bertz CT molecular complexity index is 1010. The highest BCUT2D eigenvalue weighted by molar-refractivity contribution is 5.75. The maximum absolute atomic E-state index is 12.8. The number of ether oxygens (including phenoxy) is 2. The van der Waals surface area contributed by atoms with Crippen LogP contribution in [0.1, 0.15) is 71.4 Å². The maximum atomic E-state index is 12.8. The molecule has 1 saturated heterocycles. The molecule has 1 amide bonds. The predicted octanol–water partition coefficient (Wildman–Crippen LogP) is 3.84. The van der Waals surface area contributed by atoms with Crippen LogP contribution in [0.5, 0.6) is 5.75 Å². The highest BCUT2D eigenvalue weighted by Crippen LogP contribution is 2.77. The molecule has 1 aromatic rings. The first kappa shape index (κ1) is 21.0. The number of fused-ring (bicyclic) bond motifs is 2. The smallest absolute Gasteiger partial charge is 0.219 e. The number of nitrogens with zero attached hydrogens (tertiary/aromatic N) is 1. The molecule has 174 valence electrons. The summed E-state index contributed by atoms with van der Waals surface area (Å²) in [5, 5.41) is 12.1. The second-order valence-electron chi connectivity index (χ2n) is 12.4. The van der Waals surface area contributed by atoms with Gasteiger partial charge in [-0.05, 0) is 56.1 Å². The molecule has 5 nitrogen and oxygen atoms in total. The van der Waals surface area contributed by atoms with E-state index in [9.17, 15) is 9.90 Å². The lowest BCUT2D eigenvalue weighted by molar-refractivity contribution is -0.310. The molecule has 4 fully saturated rings. The summed E-state index contributed by atoms with van der Waals surface area (Å²) >= 11 is 0. The van der Waals surface area contributed by atoms with Gasteiger partial charge in [0.25, 0.3) is 0 Å². The van der Waals surface area contributed by atoms with E-state index in [4.69, 9.17) is 9.47 Å². The Hall–Kier alpha value is -1.59. The summed E-state index contributed by atoms with van der Waals surface area (Å²) in [6.45, 7) is 10.9. The zero-order valence-electron chi connectivity index (χ0n) is 20.3. The highest BCUT2D eigenvalue weighted by atomic mass is 16.6. The standard InChI is InChI=1S/C27H37NO4/c1-16(29)28-13-12-26-21-17-8-7-9-18(21)32-22(26)27(31-6)11-10-25(26,20(28)14-17)15-19(27)24(5,30)23(2,3)4/h7-9,19-20,22,30H,10-15H2,1-6H3/t19-,20-,22-,24?,25-,26+,27-/m1/s1. The van der Waals surface area contributed by atoms with Crippen LogP contribution in [0, 0.1) is 16.7 Å². The van der Waals surface area contributed by atoms with Crippen LogP contribution in [0.25, 0.3) is 0 Å². The van der Waals surface area contributed by atoms with E-state index in [1.165, 1.54) is 11.1 Å². The summed E-state index contributed by atoms with van der Waals surface area (Å²) in [6, 6.07) is 6.60. The average Bonchev–Trinajstić information content (AvgIpc) is 3.08. The molecule has 32 heavy (non-hydrogen) atoms. The molecule has 0 radical (unpaired) electrons. The fraction of sp³-hybridized carbons (Fsp3) is 0.741. The first-order chi connectivity index (χ1) is 15.0. The van der Waals surface area contributed by atoms with Crippen molar-refractivity contribution >= 4 is 5.91 Å².